The Hall–Kier alpha value is -2.20. The number of hydrogen-bond donors (Lipinski definition) is 3. The highest BCUT2D eigenvalue weighted by atomic mass is 35.5. The summed E-state index contributed by atoms with van der Waals surface area (Å²) in [4.78, 5) is 11.9. The Morgan fingerprint density at radius 3 is 2.37 bits per heavy atom. The average molecular weight is 278 g/mol. The van der Waals surface area contributed by atoms with E-state index in [2.05, 4.69) is 5.32 Å². The normalized spacial score (nSPS) is 10.2. The first-order chi connectivity index (χ1) is 9.06. The second-order valence-corrected chi connectivity index (χ2v) is 4.42. The molecule has 0 unspecified atom stereocenters. The minimum absolute atomic E-state index is 0.0146. The molecule has 0 spiro atoms. The van der Waals surface area contributed by atoms with Crippen LogP contribution in [0.4, 0.5) is 0 Å². The van der Waals surface area contributed by atoms with Crippen molar-refractivity contribution < 1.29 is 15.0 Å². The summed E-state index contributed by atoms with van der Waals surface area (Å²) in [5, 5.41) is 21.4. The van der Waals surface area contributed by atoms with E-state index in [9.17, 15) is 9.90 Å². The van der Waals surface area contributed by atoms with Crippen LogP contribution in [-0.4, -0.2) is 16.1 Å². The van der Waals surface area contributed by atoms with Gasteiger partial charge in [-0.2, -0.15) is 0 Å². The Balaban J connectivity index is 2.05. The first-order valence-electron chi connectivity index (χ1n) is 5.61. The summed E-state index contributed by atoms with van der Waals surface area (Å²) in [6.07, 6.45) is 0. The lowest BCUT2D eigenvalue weighted by Crippen LogP contribution is -2.23. The van der Waals surface area contributed by atoms with Crippen molar-refractivity contribution in [2.45, 2.75) is 6.54 Å². The number of amides is 1. The second-order valence-electron chi connectivity index (χ2n) is 4.01. The molecular weight excluding hydrogens is 266 g/mol. The maximum atomic E-state index is 11.9. The van der Waals surface area contributed by atoms with Gasteiger partial charge in [0, 0.05) is 6.54 Å². The summed E-state index contributed by atoms with van der Waals surface area (Å²) in [6, 6.07) is 10.7. The maximum absolute atomic E-state index is 11.9. The number of phenolic OH excluding ortho intramolecular Hbond substituents is 2. The van der Waals surface area contributed by atoms with E-state index < -0.39 is 0 Å². The third kappa shape index (κ3) is 3.39. The molecule has 0 aliphatic carbocycles. The Morgan fingerprint density at radius 2 is 1.68 bits per heavy atom. The molecule has 0 radical (unpaired) electrons. The van der Waals surface area contributed by atoms with Crippen LogP contribution >= 0.6 is 11.6 Å². The Morgan fingerprint density at radius 1 is 1.05 bits per heavy atom. The molecule has 0 heterocycles. The minimum atomic E-state index is -0.367. The Labute approximate surface area is 115 Å². The summed E-state index contributed by atoms with van der Waals surface area (Å²) in [5.74, 6) is -0.209. The number of rotatable bonds is 3. The SMILES string of the molecule is O=C(NCc1ccc(O)cc1)c1cc(O)ccc1Cl. The molecule has 0 saturated heterocycles. The zero-order valence-electron chi connectivity index (χ0n) is 9.93. The number of halogens is 1. The van der Waals surface area contributed by atoms with E-state index in [0.29, 0.717) is 6.54 Å². The average Bonchev–Trinajstić information content (AvgIpc) is 2.40. The van der Waals surface area contributed by atoms with Crippen LogP contribution in [0.3, 0.4) is 0 Å². The van der Waals surface area contributed by atoms with Gasteiger partial charge in [0.2, 0.25) is 0 Å². The molecule has 0 aliphatic heterocycles. The topological polar surface area (TPSA) is 69.6 Å². The van der Waals surface area contributed by atoms with Crippen molar-refractivity contribution in [2.24, 2.45) is 0 Å². The van der Waals surface area contributed by atoms with E-state index in [4.69, 9.17) is 16.7 Å². The van der Waals surface area contributed by atoms with Gasteiger partial charge in [-0.25, -0.2) is 0 Å². The van der Waals surface area contributed by atoms with E-state index in [1.54, 1.807) is 24.3 Å². The lowest BCUT2D eigenvalue weighted by Gasteiger charge is -2.07. The van der Waals surface area contributed by atoms with Crippen molar-refractivity contribution >= 4 is 17.5 Å². The minimum Gasteiger partial charge on any atom is -0.508 e. The van der Waals surface area contributed by atoms with Crippen molar-refractivity contribution in [3.63, 3.8) is 0 Å². The first-order valence-corrected chi connectivity index (χ1v) is 5.98. The maximum Gasteiger partial charge on any atom is 0.253 e. The number of nitrogens with one attached hydrogen (secondary N) is 1. The summed E-state index contributed by atoms with van der Waals surface area (Å²) >= 11 is 5.89. The lowest BCUT2D eigenvalue weighted by molar-refractivity contribution is 0.0950. The molecule has 2 aromatic carbocycles. The summed E-state index contributed by atoms with van der Waals surface area (Å²) in [5.41, 5.74) is 1.07. The molecule has 0 aliphatic rings. The molecule has 1 amide bonds. The molecule has 3 N–H and O–H groups in total. The fourth-order valence-electron chi connectivity index (χ4n) is 1.58. The molecular formula is C14H12ClNO3. The predicted molar refractivity (Wildman–Crippen MR) is 72.4 cm³/mol. The third-order valence-electron chi connectivity index (χ3n) is 2.58. The molecule has 2 rings (SSSR count). The van der Waals surface area contributed by atoms with Gasteiger partial charge in [0.1, 0.15) is 11.5 Å². The van der Waals surface area contributed by atoms with Crippen LogP contribution in [0.1, 0.15) is 15.9 Å². The van der Waals surface area contributed by atoms with Crippen molar-refractivity contribution in [3.8, 4) is 11.5 Å². The third-order valence-corrected chi connectivity index (χ3v) is 2.91. The monoisotopic (exact) mass is 277 g/mol. The van der Waals surface area contributed by atoms with E-state index >= 15 is 0 Å². The van der Waals surface area contributed by atoms with Gasteiger partial charge in [0.25, 0.3) is 5.91 Å². The van der Waals surface area contributed by atoms with Crippen LogP contribution in [0.2, 0.25) is 5.02 Å². The summed E-state index contributed by atoms with van der Waals surface area (Å²) in [7, 11) is 0. The number of carbonyl (C=O) groups is 1. The van der Waals surface area contributed by atoms with Gasteiger partial charge in [0.15, 0.2) is 0 Å². The number of aromatic hydroxyl groups is 2. The fourth-order valence-corrected chi connectivity index (χ4v) is 1.78. The molecule has 98 valence electrons. The van der Waals surface area contributed by atoms with E-state index in [-0.39, 0.29) is 28.0 Å². The molecule has 5 heteroatoms. The van der Waals surface area contributed by atoms with Crippen LogP contribution in [0.5, 0.6) is 11.5 Å². The van der Waals surface area contributed by atoms with Crippen LogP contribution in [0.15, 0.2) is 42.5 Å². The zero-order chi connectivity index (χ0) is 13.8. The van der Waals surface area contributed by atoms with Gasteiger partial charge in [-0.1, -0.05) is 23.7 Å². The highest BCUT2D eigenvalue weighted by Crippen LogP contribution is 2.21. The molecule has 0 saturated carbocycles. The number of hydrogen-bond acceptors (Lipinski definition) is 3. The largest absolute Gasteiger partial charge is 0.508 e. The van der Waals surface area contributed by atoms with Gasteiger partial charge >= 0.3 is 0 Å². The lowest BCUT2D eigenvalue weighted by atomic mass is 10.2. The first kappa shape index (κ1) is 13.2. The van der Waals surface area contributed by atoms with Gasteiger partial charge in [-0.3, -0.25) is 4.79 Å². The Bertz CT molecular complexity index is 596. The van der Waals surface area contributed by atoms with Crippen molar-refractivity contribution in [3.05, 3.63) is 58.6 Å². The van der Waals surface area contributed by atoms with Crippen molar-refractivity contribution in [1.82, 2.24) is 5.32 Å². The standard InChI is InChI=1S/C14H12ClNO3/c15-13-6-5-11(18)7-12(13)14(19)16-8-9-1-3-10(17)4-2-9/h1-7,17-18H,8H2,(H,16,19). The van der Waals surface area contributed by atoms with Crippen molar-refractivity contribution in [2.75, 3.05) is 0 Å². The van der Waals surface area contributed by atoms with Crippen LogP contribution in [-0.2, 0) is 6.54 Å². The molecule has 0 fully saturated rings. The van der Waals surface area contributed by atoms with E-state index in [0.717, 1.165) is 5.56 Å². The second kappa shape index (κ2) is 5.63. The molecule has 19 heavy (non-hydrogen) atoms. The van der Waals surface area contributed by atoms with Crippen LogP contribution in [0.25, 0.3) is 0 Å². The van der Waals surface area contributed by atoms with Gasteiger partial charge < -0.3 is 15.5 Å². The van der Waals surface area contributed by atoms with E-state index in [1.165, 1.54) is 18.2 Å². The van der Waals surface area contributed by atoms with Crippen LogP contribution < -0.4 is 5.32 Å². The number of phenols is 2. The number of benzene rings is 2. The smallest absolute Gasteiger partial charge is 0.253 e. The van der Waals surface area contributed by atoms with E-state index in [1.807, 2.05) is 0 Å². The highest BCUT2D eigenvalue weighted by molar-refractivity contribution is 6.33. The molecule has 2 aromatic rings. The molecule has 0 aromatic heterocycles. The van der Waals surface area contributed by atoms with Gasteiger partial charge in [0.05, 0.1) is 10.6 Å². The predicted octanol–water partition coefficient (Wildman–Crippen LogP) is 2.68. The molecule has 4 nitrogen and oxygen atoms in total. The Kier molecular flexibility index (Phi) is 3.92. The number of carbonyl (C=O) groups excluding carboxylic acids is 1. The van der Waals surface area contributed by atoms with Gasteiger partial charge in [-0.15, -0.1) is 0 Å². The summed E-state index contributed by atoms with van der Waals surface area (Å²) < 4.78 is 0. The quantitative estimate of drug-likeness (QED) is 0.808. The zero-order valence-corrected chi connectivity index (χ0v) is 10.7. The van der Waals surface area contributed by atoms with Crippen LogP contribution in [0, 0.1) is 0 Å². The summed E-state index contributed by atoms with van der Waals surface area (Å²) in [6.45, 7) is 0.311. The molecule has 0 bridgehead atoms. The van der Waals surface area contributed by atoms with Gasteiger partial charge in [-0.05, 0) is 35.9 Å². The fraction of sp³-hybridized carbons (Fsp3) is 0.0714. The van der Waals surface area contributed by atoms with Crippen molar-refractivity contribution in [1.29, 1.82) is 0 Å². The highest BCUT2D eigenvalue weighted by Gasteiger charge is 2.10. The molecule has 0 atom stereocenters.